The maximum absolute atomic E-state index is 13.4. The standard InChI is InChI=1S/C12H13N3O2.C10H7ClFN3O2/c1-2-8-3-5-9(6-4-8)17-10-7-14-12(13)15-11(10)16;11-5-1-2-7(6(12)3-5)17-8-4-14-10(13)15-9(8)16/h3-7H,2H2,1H3,(H3,13,14,15,16);1-4H,(H3,13,14,15,16). The molecule has 0 unspecified atom stereocenters. The van der Waals surface area contributed by atoms with Crippen LogP contribution in [0.2, 0.25) is 5.02 Å². The number of aromatic amines is 2. The first-order valence-electron chi connectivity index (χ1n) is 9.84. The highest BCUT2D eigenvalue weighted by Gasteiger charge is 2.09. The van der Waals surface area contributed by atoms with Gasteiger partial charge in [-0.3, -0.25) is 19.6 Å². The van der Waals surface area contributed by atoms with Crippen molar-refractivity contribution >= 4 is 23.5 Å². The lowest BCUT2D eigenvalue weighted by atomic mass is 10.2. The predicted molar refractivity (Wildman–Crippen MR) is 126 cm³/mol. The smallest absolute Gasteiger partial charge is 0.295 e. The number of nitrogens with one attached hydrogen (secondary N) is 2. The van der Waals surface area contributed by atoms with E-state index in [9.17, 15) is 14.0 Å². The number of aryl methyl sites for hydroxylation is 1. The highest BCUT2D eigenvalue weighted by atomic mass is 35.5. The summed E-state index contributed by atoms with van der Waals surface area (Å²) in [4.78, 5) is 34.8. The van der Waals surface area contributed by atoms with E-state index < -0.39 is 16.9 Å². The number of halogens is 2. The Labute approximate surface area is 197 Å². The lowest BCUT2D eigenvalue weighted by molar-refractivity contribution is 0.435. The van der Waals surface area contributed by atoms with Gasteiger partial charge in [-0.1, -0.05) is 30.7 Å². The second kappa shape index (κ2) is 11.0. The summed E-state index contributed by atoms with van der Waals surface area (Å²) in [7, 11) is 0. The van der Waals surface area contributed by atoms with Crippen LogP contribution in [0.15, 0.2) is 64.4 Å². The Kier molecular flexibility index (Phi) is 7.83. The third-order valence-corrected chi connectivity index (χ3v) is 4.48. The van der Waals surface area contributed by atoms with Gasteiger partial charge in [0.2, 0.25) is 11.5 Å². The molecule has 0 atom stereocenters. The van der Waals surface area contributed by atoms with E-state index in [0.717, 1.165) is 18.7 Å². The quantitative estimate of drug-likeness (QED) is 0.332. The number of H-pyrrole nitrogens is 2. The van der Waals surface area contributed by atoms with Crippen LogP contribution in [-0.4, -0.2) is 19.9 Å². The third kappa shape index (κ3) is 6.56. The molecule has 2 aromatic heterocycles. The summed E-state index contributed by atoms with van der Waals surface area (Å²) in [5, 5.41) is 0.235. The maximum Gasteiger partial charge on any atom is 0.295 e. The minimum Gasteiger partial charge on any atom is -0.450 e. The van der Waals surface area contributed by atoms with E-state index in [1.807, 2.05) is 24.3 Å². The van der Waals surface area contributed by atoms with E-state index >= 15 is 0 Å². The lowest BCUT2D eigenvalue weighted by Gasteiger charge is -2.05. The summed E-state index contributed by atoms with van der Waals surface area (Å²) < 4.78 is 23.8. The van der Waals surface area contributed by atoms with Crippen LogP contribution in [0.3, 0.4) is 0 Å². The number of nitrogens with two attached hydrogens (primary N) is 2. The van der Waals surface area contributed by atoms with Crippen LogP contribution in [-0.2, 0) is 6.42 Å². The number of hydrogen-bond donors (Lipinski definition) is 4. The van der Waals surface area contributed by atoms with Crippen LogP contribution in [0, 0.1) is 5.82 Å². The van der Waals surface area contributed by atoms with Gasteiger partial charge in [-0.05, 0) is 42.3 Å². The summed E-state index contributed by atoms with van der Waals surface area (Å²) >= 11 is 5.58. The SMILES string of the molecule is CCc1ccc(Oc2cnc(N)[nH]c2=O)cc1.Nc1ncc(Oc2ccc(Cl)cc2F)c(=O)[nH]1. The topological polar surface area (TPSA) is 162 Å². The largest absolute Gasteiger partial charge is 0.450 e. The first-order chi connectivity index (χ1) is 16.2. The number of hydrogen-bond acceptors (Lipinski definition) is 8. The highest BCUT2D eigenvalue weighted by molar-refractivity contribution is 6.30. The zero-order valence-electron chi connectivity index (χ0n) is 17.8. The Morgan fingerprint density at radius 3 is 1.94 bits per heavy atom. The van der Waals surface area contributed by atoms with Gasteiger partial charge in [-0.25, -0.2) is 14.4 Å². The maximum atomic E-state index is 13.4. The number of nitrogens with zero attached hydrogens (tertiary/aromatic N) is 2. The van der Waals surface area contributed by atoms with Crippen LogP contribution in [0.5, 0.6) is 23.0 Å². The fourth-order valence-electron chi connectivity index (χ4n) is 2.54. The average Bonchev–Trinajstić information content (AvgIpc) is 2.80. The van der Waals surface area contributed by atoms with E-state index in [4.69, 9.17) is 32.5 Å². The van der Waals surface area contributed by atoms with Crippen molar-refractivity contribution in [3.05, 3.63) is 92.0 Å². The molecule has 6 N–H and O–H groups in total. The van der Waals surface area contributed by atoms with Crippen molar-refractivity contribution in [1.29, 1.82) is 0 Å². The molecule has 0 spiro atoms. The van der Waals surface area contributed by atoms with Crippen LogP contribution < -0.4 is 32.1 Å². The molecule has 2 aromatic carbocycles. The van der Waals surface area contributed by atoms with E-state index in [1.54, 1.807) is 0 Å². The van der Waals surface area contributed by atoms with Gasteiger partial charge in [0.1, 0.15) is 5.75 Å². The Balaban J connectivity index is 0.000000191. The molecule has 10 nitrogen and oxygen atoms in total. The summed E-state index contributed by atoms with van der Waals surface area (Å²) in [5.74, 6) is -0.189. The number of anilines is 2. The van der Waals surface area contributed by atoms with Gasteiger partial charge in [0.05, 0.1) is 12.4 Å². The zero-order chi connectivity index (χ0) is 24.7. The molecule has 0 saturated carbocycles. The number of ether oxygens (including phenoxy) is 2. The highest BCUT2D eigenvalue weighted by Crippen LogP contribution is 2.24. The molecule has 0 aliphatic rings. The second-order valence-electron chi connectivity index (χ2n) is 6.70. The van der Waals surface area contributed by atoms with Gasteiger partial charge < -0.3 is 20.9 Å². The molecule has 4 aromatic rings. The summed E-state index contributed by atoms with van der Waals surface area (Å²) in [6.45, 7) is 2.07. The van der Waals surface area contributed by atoms with Gasteiger partial charge in [0.25, 0.3) is 11.1 Å². The minimum atomic E-state index is -0.672. The summed E-state index contributed by atoms with van der Waals surface area (Å²) in [6, 6.07) is 11.4. The molecule has 176 valence electrons. The molecule has 0 radical (unpaired) electrons. The van der Waals surface area contributed by atoms with Crippen molar-refractivity contribution in [2.24, 2.45) is 0 Å². The Morgan fingerprint density at radius 2 is 1.44 bits per heavy atom. The molecule has 34 heavy (non-hydrogen) atoms. The first kappa shape index (κ1) is 24.3. The van der Waals surface area contributed by atoms with E-state index in [1.165, 1.54) is 23.9 Å². The molecule has 4 rings (SSSR count). The predicted octanol–water partition coefficient (Wildman–Crippen LogP) is 3.64. The number of aromatic nitrogens is 4. The molecule has 2 heterocycles. The third-order valence-electron chi connectivity index (χ3n) is 4.25. The molecule has 0 aliphatic carbocycles. The Morgan fingerprint density at radius 1 is 0.882 bits per heavy atom. The number of benzene rings is 2. The van der Waals surface area contributed by atoms with Gasteiger partial charge >= 0.3 is 0 Å². The molecule has 0 fully saturated rings. The summed E-state index contributed by atoms with van der Waals surface area (Å²) in [6.07, 6.45) is 3.38. The van der Waals surface area contributed by atoms with Crippen molar-refractivity contribution in [1.82, 2.24) is 19.9 Å². The molecule has 0 bridgehead atoms. The zero-order valence-corrected chi connectivity index (χ0v) is 18.6. The fourth-order valence-corrected chi connectivity index (χ4v) is 2.69. The lowest BCUT2D eigenvalue weighted by Crippen LogP contribution is -2.12. The molecule has 0 aliphatic heterocycles. The van der Waals surface area contributed by atoms with Crippen molar-refractivity contribution < 1.29 is 13.9 Å². The molecule has 12 heteroatoms. The van der Waals surface area contributed by atoms with Crippen LogP contribution in [0.1, 0.15) is 12.5 Å². The molecular formula is C22H20ClFN6O4. The Hall–Kier alpha value is -4.38. The summed E-state index contributed by atoms with van der Waals surface area (Å²) in [5.41, 5.74) is 10.8. The van der Waals surface area contributed by atoms with E-state index in [0.29, 0.717) is 5.75 Å². The average molecular weight is 487 g/mol. The molecular weight excluding hydrogens is 467 g/mol. The molecule has 0 saturated heterocycles. The Bertz CT molecular complexity index is 1390. The first-order valence-corrected chi connectivity index (χ1v) is 10.2. The van der Waals surface area contributed by atoms with Gasteiger partial charge in [0, 0.05) is 5.02 Å². The van der Waals surface area contributed by atoms with Crippen molar-refractivity contribution in [3.8, 4) is 23.0 Å². The second-order valence-corrected chi connectivity index (χ2v) is 7.14. The fraction of sp³-hybridized carbons (Fsp3) is 0.0909. The normalized spacial score (nSPS) is 10.2. The van der Waals surface area contributed by atoms with E-state index in [2.05, 4.69) is 26.9 Å². The van der Waals surface area contributed by atoms with Crippen LogP contribution in [0.4, 0.5) is 16.3 Å². The van der Waals surface area contributed by atoms with Crippen LogP contribution in [0.25, 0.3) is 0 Å². The number of rotatable bonds is 5. The van der Waals surface area contributed by atoms with Gasteiger partial charge in [0.15, 0.2) is 23.5 Å². The molecule has 0 amide bonds. The van der Waals surface area contributed by atoms with Crippen molar-refractivity contribution in [2.45, 2.75) is 13.3 Å². The van der Waals surface area contributed by atoms with Gasteiger partial charge in [-0.2, -0.15) is 0 Å². The van der Waals surface area contributed by atoms with Gasteiger partial charge in [-0.15, -0.1) is 0 Å². The van der Waals surface area contributed by atoms with Crippen molar-refractivity contribution in [3.63, 3.8) is 0 Å². The van der Waals surface area contributed by atoms with Crippen LogP contribution >= 0.6 is 11.6 Å². The van der Waals surface area contributed by atoms with E-state index in [-0.39, 0.29) is 34.2 Å². The number of nitrogen functional groups attached to an aromatic ring is 2. The monoisotopic (exact) mass is 486 g/mol. The van der Waals surface area contributed by atoms with Crippen molar-refractivity contribution in [2.75, 3.05) is 11.5 Å². The minimum absolute atomic E-state index is 0.0427.